The largest absolute Gasteiger partial charge is 0.454 e. The van der Waals surface area contributed by atoms with Crippen LogP contribution in [0.25, 0.3) is 0 Å². The molecule has 3 nitrogen and oxygen atoms in total. The smallest absolute Gasteiger partial charge is 0.231 e. The summed E-state index contributed by atoms with van der Waals surface area (Å²) in [5, 5.41) is 0. The van der Waals surface area contributed by atoms with E-state index in [-0.39, 0.29) is 12.6 Å². The van der Waals surface area contributed by atoms with E-state index >= 15 is 0 Å². The number of carbonyl (C=O) groups excluding carboxylic acids is 1. The number of hydrogen-bond donors (Lipinski definition) is 0. The normalized spacial score (nSPS) is 25.6. The first-order valence-electron chi connectivity index (χ1n) is 6.46. The molecule has 1 saturated heterocycles. The molecule has 1 unspecified atom stereocenters. The molecular weight excluding hydrogens is 228 g/mol. The van der Waals surface area contributed by atoms with E-state index in [1.54, 1.807) is 6.08 Å². The predicted octanol–water partition coefficient (Wildman–Crippen LogP) is 3.48. The standard InChI is InChI=1S/C15H20O3/c1-4-6-15(7-5-11(2)3)9-13-12(8-14(15)16)17-10-18-13/h5,8-9H,4,6-7,10H2,1-3H3. The van der Waals surface area contributed by atoms with Crippen molar-refractivity contribution in [3.63, 3.8) is 0 Å². The highest BCUT2D eigenvalue weighted by Gasteiger charge is 2.39. The first-order chi connectivity index (χ1) is 8.57. The van der Waals surface area contributed by atoms with Crippen LogP contribution >= 0.6 is 0 Å². The van der Waals surface area contributed by atoms with Crippen molar-refractivity contribution in [2.75, 3.05) is 6.79 Å². The van der Waals surface area contributed by atoms with Gasteiger partial charge in [0, 0.05) is 6.08 Å². The van der Waals surface area contributed by atoms with Crippen molar-refractivity contribution in [3.05, 3.63) is 35.3 Å². The number of carbonyl (C=O) groups is 1. The van der Waals surface area contributed by atoms with Gasteiger partial charge in [-0.1, -0.05) is 25.0 Å². The van der Waals surface area contributed by atoms with E-state index in [1.807, 2.05) is 6.08 Å². The van der Waals surface area contributed by atoms with Crippen LogP contribution in [0.3, 0.4) is 0 Å². The van der Waals surface area contributed by atoms with Gasteiger partial charge in [-0.15, -0.1) is 0 Å². The summed E-state index contributed by atoms with van der Waals surface area (Å²) in [5.41, 5.74) is 0.786. The summed E-state index contributed by atoms with van der Waals surface area (Å²) in [4.78, 5) is 12.4. The van der Waals surface area contributed by atoms with Crippen LogP contribution in [0.4, 0.5) is 0 Å². The molecule has 0 bridgehead atoms. The summed E-state index contributed by atoms with van der Waals surface area (Å²) in [7, 11) is 0. The van der Waals surface area contributed by atoms with Gasteiger partial charge in [0.05, 0.1) is 5.41 Å². The molecule has 0 aromatic rings. The fraction of sp³-hybridized carbons (Fsp3) is 0.533. The Hall–Kier alpha value is -1.51. The van der Waals surface area contributed by atoms with Gasteiger partial charge in [-0.3, -0.25) is 4.79 Å². The lowest BCUT2D eigenvalue weighted by Crippen LogP contribution is -2.30. The highest BCUT2D eigenvalue weighted by atomic mass is 16.7. The summed E-state index contributed by atoms with van der Waals surface area (Å²) >= 11 is 0. The number of allylic oxidation sites excluding steroid dienone is 4. The summed E-state index contributed by atoms with van der Waals surface area (Å²) in [6.07, 6.45) is 8.22. The molecule has 1 heterocycles. The van der Waals surface area contributed by atoms with E-state index in [9.17, 15) is 4.79 Å². The monoisotopic (exact) mass is 248 g/mol. The van der Waals surface area contributed by atoms with E-state index in [0.29, 0.717) is 5.76 Å². The lowest BCUT2D eigenvalue weighted by molar-refractivity contribution is -0.122. The molecule has 0 spiro atoms. The molecule has 3 heteroatoms. The zero-order chi connectivity index (χ0) is 13.2. The minimum absolute atomic E-state index is 0.131. The Bertz CT molecular complexity index is 439. The van der Waals surface area contributed by atoms with Gasteiger partial charge in [-0.25, -0.2) is 0 Å². The molecule has 0 N–H and O–H groups in total. The second kappa shape index (κ2) is 5.01. The van der Waals surface area contributed by atoms with Crippen molar-refractivity contribution in [1.29, 1.82) is 0 Å². The van der Waals surface area contributed by atoms with Crippen LogP contribution in [0.5, 0.6) is 0 Å². The Balaban J connectivity index is 2.32. The molecule has 1 fully saturated rings. The van der Waals surface area contributed by atoms with Gasteiger partial charge in [-0.2, -0.15) is 0 Å². The molecule has 0 aromatic heterocycles. The van der Waals surface area contributed by atoms with E-state index in [0.717, 1.165) is 25.0 Å². The van der Waals surface area contributed by atoms with E-state index in [1.165, 1.54) is 5.57 Å². The Kier molecular flexibility index (Phi) is 3.60. The zero-order valence-electron chi connectivity index (χ0n) is 11.3. The van der Waals surface area contributed by atoms with Gasteiger partial charge in [0.25, 0.3) is 0 Å². The first kappa shape index (κ1) is 12.9. The van der Waals surface area contributed by atoms with Crippen molar-refractivity contribution in [2.24, 2.45) is 5.41 Å². The number of fused-ring (bicyclic) bond motifs is 1. The van der Waals surface area contributed by atoms with Crippen molar-refractivity contribution >= 4 is 5.78 Å². The maximum Gasteiger partial charge on any atom is 0.231 e. The Morgan fingerprint density at radius 2 is 2.11 bits per heavy atom. The summed E-state index contributed by atoms with van der Waals surface area (Å²) in [5.74, 6) is 1.44. The molecule has 1 atom stereocenters. The average Bonchev–Trinajstić information content (AvgIpc) is 2.74. The number of ketones is 1. The molecule has 1 aliphatic carbocycles. The molecule has 0 aromatic carbocycles. The Morgan fingerprint density at radius 3 is 2.78 bits per heavy atom. The van der Waals surface area contributed by atoms with Gasteiger partial charge in [0.1, 0.15) is 0 Å². The molecule has 0 radical (unpaired) electrons. The number of rotatable bonds is 4. The molecule has 18 heavy (non-hydrogen) atoms. The Morgan fingerprint density at radius 1 is 1.39 bits per heavy atom. The highest BCUT2D eigenvalue weighted by molar-refractivity contribution is 5.98. The van der Waals surface area contributed by atoms with E-state index in [4.69, 9.17) is 9.47 Å². The molecule has 0 amide bonds. The van der Waals surface area contributed by atoms with Gasteiger partial charge < -0.3 is 9.47 Å². The van der Waals surface area contributed by atoms with Crippen LogP contribution in [-0.4, -0.2) is 12.6 Å². The molecule has 1 aliphatic heterocycles. The van der Waals surface area contributed by atoms with Crippen LogP contribution in [0, 0.1) is 5.41 Å². The predicted molar refractivity (Wildman–Crippen MR) is 69.6 cm³/mol. The van der Waals surface area contributed by atoms with Gasteiger partial charge in [0.15, 0.2) is 17.3 Å². The van der Waals surface area contributed by atoms with Crippen LogP contribution in [-0.2, 0) is 14.3 Å². The number of hydrogen-bond acceptors (Lipinski definition) is 3. The maximum atomic E-state index is 12.4. The van der Waals surface area contributed by atoms with Crippen LogP contribution < -0.4 is 0 Å². The fourth-order valence-corrected chi connectivity index (χ4v) is 2.40. The zero-order valence-corrected chi connectivity index (χ0v) is 11.3. The first-order valence-corrected chi connectivity index (χ1v) is 6.46. The maximum absolute atomic E-state index is 12.4. The third-order valence-electron chi connectivity index (χ3n) is 3.40. The Labute approximate surface area is 108 Å². The topological polar surface area (TPSA) is 35.5 Å². The van der Waals surface area contributed by atoms with Crippen LogP contribution in [0.15, 0.2) is 35.3 Å². The van der Waals surface area contributed by atoms with Crippen molar-refractivity contribution in [1.82, 2.24) is 0 Å². The SMILES string of the molecule is CCCC1(CC=C(C)C)C=C2OCOC2=CC1=O. The summed E-state index contributed by atoms with van der Waals surface area (Å²) in [6, 6.07) is 0. The number of ether oxygens (including phenoxy) is 2. The molecule has 2 rings (SSSR count). The summed E-state index contributed by atoms with van der Waals surface area (Å²) in [6.45, 7) is 6.42. The van der Waals surface area contributed by atoms with E-state index < -0.39 is 5.41 Å². The quantitative estimate of drug-likeness (QED) is 0.714. The van der Waals surface area contributed by atoms with Crippen LogP contribution in [0.1, 0.15) is 40.0 Å². The lowest BCUT2D eigenvalue weighted by atomic mass is 9.73. The van der Waals surface area contributed by atoms with Gasteiger partial charge in [-0.05, 0) is 32.8 Å². The summed E-state index contributed by atoms with van der Waals surface area (Å²) < 4.78 is 10.7. The molecule has 98 valence electrons. The third kappa shape index (κ3) is 2.35. The van der Waals surface area contributed by atoms with Gasteiger partial charge >= 0.3 is 0 Å². The lowest BCUT2D eigenvalue weighted by Gasteiger charge is -2.29. The van der Waals surface area contributed by atoms with Gasteiger partial charge in [0.2, 0.25) is 6.79 Å². The third-order valence-corrected chi connectivity index (χ3v) is 3.40. The molecule has 2 aliphatic rings. The second-order valence-electron chi connectivity index (χ2n) is 5.18. The average molecular weight is 248 g/mol. The fourth-order valence-electron chi connectivity index (χ4n) is 2.40. The minimum atomic E-state index is -0.446. The minimum Gasteiger partial charge on any atom is -0.454 e. The van der Waals surface area contributed by atoms with Crippen molar-refractivity contribution in [2.45, 2.75) is 40.0 Å². The highest BCUT2D eigenvalue weighted by Crippen LogP contribution is 2.40. The molecule has 0 saturated carbocycles. The van der Waals surface area contributed by atoms with Crippen molar-refractivity contribution < 1.29 is 14.3 Å². The van der Waals surface area contributed by atoms with Crippen LogP contribution in [0.2, 0.25) is 0 Å². The van der Waals surface area contributed by atoms with E-state index in [2.05, 4.69) is 26.8 Å². The van der Waals surface area contributed by atoms with Crippen molar-refractivity contribution in [3.8, 4) is 0 Å². The molecular formula is C15H20O3. The second-order valence-corrected chi connectivity index (χ2v) is 5.18.